The minimum absolute atomic E-state index is 0.0401. The molecule has 39 heavy (non-hydrogen) atoms. The number of nitrogens with zero attached hydrogens (tertiary/aromatic N) is 3. The summed E-state index contributed by atoms with van der Waals surface area (Å²) in [4.78, 5) is 32.2. The lowest BCUT2D eigenvalue weighted by molar-refractivity contribution is -0.133. The molecular formula is C31H37FN4O3. The zero-order valence-electron chi connectivity index (χ0n) is 22.7. The van der Waals surface area contributed by atoms with E-state index in [9.17, 15) is 14.0 Å². The van der Waals surface area contributed by atoms with E-state index in [-0.39, 0.29) is 24.1 Å². The van der Waals surface area contributed by atoms with Gasteiger partial charge in [-0.3, -0.25) is 14.5 Å². The zero-order valence-corrected chi connectivity index (χ0v) is 22.7. The summed E-state index contributed by atoms with van der Waals surface area (Å²) in [5.74, 6) is 0.197. The van der Waals surface area contributed by atoms with Gasteiger partial charge in [-0.05, 0) is 59.9 Å². The van der Waals surface area contributed by atoms with E-state index >= 15 is 0 Å². The third-order valence-electron chi connectivity index (χ3n) is 7.08. The second-order valence-corrected chi connectivity index (χ2v) is 9.98. The molecule has 0 aromatic heterocycles. The Bertz CT molecular complexity index is 1280. The van der Waals surface area contributed by atoms with Crippen LogP contribution in [0.5, 0.6) is 5.75 Å². The SMILES string of the molecule is COc1cccc(CN2CCCN(C(C)=O)c3ccccc3CN(C(=O)[C@H](N)Cc3cccc(F)c3)CC2)c1. The summed E-state index contributed by atoms with van der Waals surface area (Å²) < 4.78 is 19.1. The molecule has 0 bridgehead atoms. The molecule has 1 heterocycles. The number of hydrogen-bond donors (Lipinski definition) is 1. The lowest BCUT2D eigenvalue weighted by Gasteiger charge is -2.30. The number of benzene rings is 3. The van der Waals surface area contributed by atoms with Gasteiger partial charge in [-0.25, -0.2) is 4.39 Å². The summed E-state index contributed by atoms with van der Waals surface area (Å²) in [5, 5.41) is 0. The Morgan fingerprint density at radius 3 is 2.49 bits per heavy atom. The van der Waals surface area contributed by atoms with Gasteiger partial charge in [0, 0.05) is 51.9 Å². The van der Waals surface area contributed by atoms with Gasteiger partial charge < -0.3 is 20.3 Å². The van der Waals surface area contributed by atoms with Gasteiger partial charge in [0.05, 0.1) is 13.2 Å². The van der Waals surface area contributed by atoms with E-state index in [1.807, 2.05) is 42.5 Å². The monoisotopic (exact) mass is 532 g/mol. The topological polar surface area (TPSA) is 79.1 Å². The molecule has 0 spiro atoms. The fraction of sp³-hybridized carbons (Fsp3) is 0.355. The molecule has 1 atom stereocenters. The smallest absolute Gasteiger partial charge is 0.240 e. The highest BCUT2D eigenvalue weighted by Gasteiger charge is 2.25. The maximum absolute atomic E-state index is 13.7. The highest BCUT2D eigenvalue weighted by Crippen LogP contribution is 2.24. The first-order valence-corrected chi connectivity index (χ1v) is 13.3. The molecule has 0 aliphatic carbocycles. The van der Waals surface area contributed by atoms with Crippen LogP contribution in [0.2, 0.25) is 0 Å². The molecule has 8 heteroatoms. The molecule has 0 unspecified atom stereocenters. The van der Waals surface area contributed by atoms with Crippen LogP contribution in [-0.2, 0) is 29.1 Å². The number of methoxy groups -OCH3 is 1. The van der Waals surface area contributed by atoms with Crippen LogP contribution in [0.4, 0.5) is 10.1 Å². The standard InChI is InChI=1S/C31H37FN4O3/c1-23(37)36-15-7-14-34(21-25-9-6-12-28(19-25)39-2)16-17-35(22-26-10-3-4-13-30(26)36)31(38)29(33)20-24-8-5-11-27(32)18-24/h3-6,8-13,18-19,29H,7,14-17,20-22,33H2,1-2H3/t29-/m1/s1. The quantitative estimate of drug-likeness (QED) is 0.520. The number of halogens is 1. The Labute approximate surface area is 230 Å². The number of carbonyl (C=O) groups excluding carboxylic acids is 2. The maximum atomic E-state index is 13.7. The van der Waals surface area contributed by atoms with Crippen molar-refractivity contribution in [2.45, 2.75) is 38.9 Å². The van der Waals surface area contributed by atoms with Crippen LogP contribution < -0.4 is 15.4 Å². The van der Waals surface area contributed by atoms with Gasteiger partial charge in [0.25, 0.3) is 0 Å². The molecule has 206 valence electrons. The lowest BCUT2D eigenvalue weighted by atomic mass is 10.0. The van der Waals surface area contributed by atoms with Crippen molar-refractivity contribution in [3.63, 3.8) is 0 Å². The predicted molar refractivity (Wildman–Crippen MR) is 151 cm³/mol. The second kappa shape index (κ2) is 13.4. The summed E-state index contributed by atoms with van der Waals surface area (Å²) in [6, 6.07) is 21.0. The van der Waals surface area contributed by atoms with Crippen LogP contribution in [0.3, 0.4) is 0 Å². The lowest BCUT2D eigenvalue weighted by Crippen LogP contribution is -2.47. The Hall–Kier alpha value is -3.75. The fourth-order valence-corrected chi connectivity index (χ4v) is 5.08. The molecule has 1 aliphatic heterocycles. The number of anilines is 1. The molecule has 0 saturated carbocycles. The number of carbonyl (C=O) groups is 2. The van der Waals surface area contributed by atoms with Gasteiger partial charge >= 0.3 is 0 Å². The van der Waals surface area contributed by atoms with Gasteiger partial charge in [0.1, 0.15) is 11.6 Å². The van der Waals surface area contributed by atoms with Crippen molar-refractivity contribution in [2.24, 2.45) is 5.73 Å². The van der Waals surface area contributed by atoms with Crippen molar-refractivity contribution in [3.8, 4) is 5.75 Å². The number of ether oxygens (including phenoxy) is 1. The van der Waals surface area contributed by atoms with E-state index in [1.54, 1.807) is 36.0 Å². The predicted octanol–water partition coefficient (Wildman–Crippen LogP) is 3.99. The molecule has 2 amide bonds. The number of nitrogens with two attached hydrogens (primary N) is 1. The largest absolute Gasteiger partial charge is 0.497 e. The minimum atomic E-state index is -0.820. The third kappa shape index (κ3) is 7.65. The van der Waals surface area contributed by atoms with Crippen molar-refractivity contribution >= 4 is 17.5 Å². The van der Waals surface area contributed by atoms with Crippen LogP contribution >= 0.6 is 0 Å². The Morgan fingerprint density at radius 1 is 0.949 bits per heavy atom. The first-order valence-electron chi connectivity index (χ1n) is 13.3. The van der Waals surface area contributed by atoms with Crippen molar-refractivity contribution in [2.75, 3.05) is 38.2 Å². The van der Waals surface area contributed by atoms with Crippen LogP contribution in [0, 0.1) is 5.82 Å². The first kappa shape index (κ1) is 28.3. The summed E-state index contributed by atoms with van der Waals surface area (Å²) in [6.07, 6.45) is 1.02. The van der Waals surface area contributed by atoms with Crippen LogP contribution in [0.25, 0.3) is 0 Å². The number of fused-ring (bicyclic) bond motifs is 1. The van der Waals surface area contributed by atoms with Crippen LogP contribution in [0.15, 0.2) is 72.8 Å². The average Bonchev–Trinajstić information content (AvgIpc) is 2.96. The van der Waals surface area contributed by atoms with Gasteiger partial charge in [-0.1, -0.05) is 42.5 Å². The number of rotatable bonds is 6. The summed E-state index contributed by atoms with van der Waals surface area (Å²) in [6.45, 7) is 5.01. The minimum Gasteiger partial charge on any atom is -0.497 e. The van der Waals surface area contributed by atoms with E-state index in [2.05, 4.69) is 11.0 Å². The Balaban J connectivity index is 1.61. The molecule has 0 fully saturated rings. The van der Waals surface area contributed by atoms with Crippen molar-refractivity contribution < 1.29 is 18.7 Å². The summed E-state index contributed by atoms with van der Waals surface area (Å²) in [7, 11) is 1.65. The number of para-hydroxylation sites is 1. The molecule has 0 saturated heterocycles. The Morgan fingerprint density at radius 2 is 1.72 bits per heavy atom. The molecule has 0 radical (unpaired) electrons. The van der Waals surface area contributed by atoms with Gasteiger partial charge in [0.2, 0.25) is 11.8 Å². The van der Waals surface area contributed by atoms with Crippen molar-refractivity contribution in [3.05, 3.63) is 95.3 Å². The van der Waals surface area contributed by atoms with Crippen molar-refractivity contribution in [1.82, 2.24) is 9.80 Å². The maximum Gasteiger partial charge on any atom is 0.240 e. The van der Waals surface area contributed by atoms with Gasteiger partial charge in [-0.15, -0.1) is 0 Å². The average molecular weight is 533 g/mol. The second-order valence-electron chi connectivity index (χ2n) is 9.98. The van der Waals surface area contributed by atoms with Crippen LogP contribution in [0.1, 0.15) is 30.0 Å². The van der Waals surface area contributed by atoms with E-state index in [1.165, 1.54) is 12.1 Å². The third-order valence-corrected chi connectivity index (χ3v) is 7.08. The first-order chi connectivity index (χ1) is 18.8. The molecule has 1 aliphatic rings. The number of hydrogen-bond acceptors (Lipinski definition) is 5. The summed E-state index contributed by atoms with van der Waals surface area (Å²) >= 11 is 0. The molecule has 3 aromatic carbocycles. The highest BCUT2D eigenvalue weighted by atomic mass is 19.1. The Kier molecular flexibility index (Phi) is 9.68. The van der Waals surface area contributed by atoms with Crippen LogP contribution in [-0.4, -0.2) is 60.9 Å². The van der Waals surface area contributed by atoms with Gasteiger partial charge in [0.15, 0.2) is 0 Å². The molecule has 2 N–H and O–H groups in total. The van der Waals surface area contributed by atoms with E-state index in [0.717, 1.165) is 35.5 Å². The summed E-state index contributed by atoms with van der Waals surface area (Å²) in [5.41, 5.74) is 9.88. The number of amides is 2. The fourth-order valence-electron chi connectivity index (χ4n) is 5.08. The highest BCUT2D eigenvalue weighted by molar-refractivity contribution is 5.92. The van der Waals surface area contributed by atoms with E-state index in [0.29, 0.717) is 38.3 Å². The van der Waals surface area contributed by atoms with Crippen molar-refractivity contribution in [1.29, 1.82) is 0 Å². The van der Waals surface area contributed by atoms with E-state index in [4.69, 9.17) is 10.5 Å². The molecule has 4 rings (SSSR count). The zero-order chi connectivity index (χ0) is 27.8. The normalized spacial score (nSPS) is 15.7. The molecule has 7 nitrogen and oxygen atoms in total. The molecule has 3 aromatic rings. The van der Waals surface area contributed by atoms with Gasteiger partial charge in [-0.2, -0.15) is 0 Å². The molecular weight excluding hydrogens is 495 g/mol. The van der Waals surface area contributed by atoms with E-state index < -0.39 is 6.04 Å².